The average Bonchev–Trinajstić information content (AvgIpc) is 2.20. The Morgan fingerprint density at radius 1 is 1.07 bits per heavy atom. The number of hydrogen-bond donors (Lipinski definition) is 1. The summed E-state index contributed by atoms with van der Waals surface area (Å²) in [6, 6.07) is 6.41. The van der Waals surface area contributed by atoms with Gasteiger partial charge < -0.3 is 5.73 Å². The fraction of sp³-hybridized carbons (Fsp3) is 0. The van der Waals surface area contributed by atoms with Crippen LogP contribution in [0.1, 0.15) is 0 Å². The molecule has 1 aromatic heterocycles. The molecule has 14 heavy (non-hydrogen) atoms. The van der Waals surface area contributed by atoms with E-state index in [-0.39, 0.29) is 5.82 Å². The van der Waals surface area contributed by atoms with Gasteiger partial charge in [-0.05, 0) is 12.1 Å². The van der Waals surface area contributed by atoms with Crippen LogP contribution in [-0.2, 0) is 0 Å². The fourth-order valence-electron chi connectivity index (χ4n) is 1.15. The molecular weight excluding hydrogens is 181 g/mol. The minimum Gasteiger partial charge on any atom is -0.382 e. The SMILES string of the molecule is Nc1cnc(-c2ccccc2F)cn1. The predicted molar refractivity (Wildman–Crippen MR) is 51.8 cm³/mol. The standard InChI is InChI=1S/C10H8FN3/c11-8-4-2-1-3-7(8)9-5-14-10(12)6-13-9/h1-6H,(H2,12,14). The average molecular weight is 189 g/mol. The molecule has 0 aliphatic heterocycles. The lowest BCUT2D eigenvalue weighted by Crippen LogP contribution is -1.93. The number of benzene rings is 1. The van der Waals surface area contributed by atoms with E-state index < -0.39 is 0 Å². The van der Waals surface area contributed by atoms with Crippen molar-refractivity contribution in [1.29, 1.82) is 0 Å². The second-order valence-corrected chi connectivity index (χ2v) is 2.81. The molecule has 4 heteroatoms. The van der Waals surface area contributed by atoms with Gasteiger partial charge in [0.15, 0.2) is 0 Å². The van der Waals surface area contributed by atoms with Crippen molar-refractivity contribution in [3.8, 4) is 11.3 Å². The molecule has 0 radical (unpaired) electrons. The molecule has 0 aliphatic rings. The topological polar surface area (TPSA) is 51.8 Å². The van der Waals surface area contributed by atoms with Crippen LogP contribution in [0.25, 0.3) is 11.3 Å². The molecule has 1 heterocycles. The summed E-state index contributed by atoms with van der Waals surface area (Å²) in [4.78, 5) is 7.83. The Labute approximate surface area is 80.4 Å². The Hall–Kier alpha value is -1.97. The number of halogens is 1. The number of anilines is 1. The van der Waals surface area contributed by atoms with Crippen molar-refractivity contribution in [2.75, 3.05) is 5.73 Å². The van der Waals surface area contributed by atoms with E-state index in [0.29, 0.717) is 17.1 Å². The summed E-state index contributed by atoms with van der Waals surface area (Å²) in [6.07, 6.45) is 2.86. The van der Waals surface area contributed by atoms with Gasteiger partial charge >= 0.3 is 0 Å². The number of rotatable bonds is 1. The zero-order valence-electron chi connectivity index (χ0n) is 7.31. The van der Waals surface area contributed by atoms with Gasteiger partial charge in [0.1, 0.15) is 11.6 Å². The lowest BCUT2D eigenvalue weighted by atomic mass is 10.1. The Bertz CT molecular complexity index is 439. The normalized spacial score (nSPS) is 10.1. The summed E-state index contributed by atoms with van der Waals surface area (Å²) in [7, 11) is 0. The van der Waals surface area contributed by atoms with Crippen LogP contribution in [0.4, 0.5) is 10.2 Å². The molecule has 2 N–H and O–H groups in total. The van der Waals surface area contributed by atoms with Gasteiger partial charge in [0, 0.05) is 5.56 Å². The molecule has 0 spiro atoms. The van der Waals surface area contributed by atoms with Crippen LogP contribution in [-0.4, -0.2) is 9.97 Å². The van der Waals surface area contributed by atoms with Crippen LogP contribution in [0, 0.1) is 5.82 Å². The Kier molecular flexibility index (Phi) is 2.10. The quantitative estimate of drug-likeness (QED) is 0.744. The molecule has 0 bridgehead atoms. The van der Waals surface area contributed by atoms with Crippen LogP contribution in [0.5, 0.6) is 0 Å². The summed E-state index contributed by atoms with van der Waals surface area (Å²) >= 11 is 0. The highest BCUT2D eigenvalue weighted by molar-refractivity contribution is 5.59. The maximum absolute atomic E-state index is 13.3. The van der Waals surface area contributed by atoms with E-state index in [1.807, 2.05) is 0 Å². The molecule has 0 fully saturated rings. The first-order valence-electron chi connectivity index (χ1n) is 4.10. The van der Waals surface area contributed by atoms with Gasteiger partial charge in [0.2, 0.25) is 0 Å². The first kappa shape index (κ1) is 8.62. The molecular formula is C10H8FN3. The third-order valence-corrected chi connectivity index (χ3v) is 1.82. The third kappa shape index (κ3) is 1.54. The molecule has 2 aromatic rings. The molecule has 0 aliphatic carbocycles. The van der Waals surface area contributed by atoms with Crippen molar-refractivity contribution in [1.82, 2.24) is 9.97 Å². The van der Waals surface area contributed by atoms with Gasteiger partial charge in [-0.3, -0.25) is 4.98 Å². The number of aromatic nitrogens is 2. The highest BCUT2D eigenvalue weighted by Crippen LogP contribution is 2.19. The highest BCUT2D eigenvalue weighted by Gasteiger charge is 2.04. The van der Waals surface area contributed by atoms with E-state index in [9.17, 15) is 4.39 Å². The van der Waals surface area contributed by atoms with E-state index in [1.54, 1.807) is 18.2 Å². The fourth-order valence-corrected chi connectivity index (χ4v) is 1.15. The van der Waals surface area contributed by atoms with Crippen molar-refractivity contribution in [3.63, 3.8) is 0 Å². The first-order chi connectivity index (χ1) is 6.77. The van der Waals surface area contributed by atoms with E-state index >= 15 is 0 Å². The van der Waals surface area contributed by atoms with E-state index in [1.165, 1.54) is 18.5 Å². The molecule has 1 aromatic carbocycles. The van der Waals surface area contributed by atoms with Crippen LogP contribution in [0.2, 0.25) is 0 Å². The lowest BCUT2D eigenvalue weighted by Gasteiger charge is -2.01. The van der Waals surface area contributed by atoms with E-state index in [4.69, 9.17) is 5.73 Å². The molecule has 0 amide bonds. The van der Waals surface area contributed by atoms with Crippen LogP contribution < -0.4 is 5.73 Å². The van der Waals surface area contributed by atoms with Gasteiger partial charge in [0.05, 0.1) is 18.1 Å². The second kappa shape index (κ2) is 3.41. The van der Waals surface area contributed by atoms with Crippen molar-refractivity contribution in [3.05, 3.63) is 42.5 Å². The van der Waals surface area contributed by atoms with Crippen molar-refractivity contribution < 1.29 is 4.39 Å². The van der Waals surface area contributed by atoms with Crippen LogP contribution in [0.15, 0.2) is 36.7 Å². The molecule has 0 saturated carbocycles. The van der Waals surface area contributed by atoms with Gasteiger partial charge in [-0.2, -0.15) is 0 Å². The van der Waals surface area contributed by atoms with Crippen molar-refractivity contribution >= 4 is 5.82 Å². The Morgan fingerprint density at radius 3 is 2.50 bits per heavy atom. The zero-order chi connectivity index (χ0) is 9.97. The van der Waals surface area contributed by atoms with Crippen molar-refractivity contribution in [2.45, 2.75) is 0 Å². The highest BCUT2D eigenvalue weighted by atomic mass is 19.1. The molecule has 0 atom stereocenters. The summed E-state index contributed by atoms with van der Waals surface area (Å²) < 4.78 is 13.3. The lowest BCUT2D eigenvalue weighted by molar-refractivity contribution is 0.630. The summed E-state index contributed by atoms with van der Waals surface area (Å²) in [5.74, 6) is 0.0108. The third-order valence-electron chi connectivity index (χ3n) is 1.82. The molecule has 70 valence electrons. The van der Waals surface area contributed by atoms with Crippen molar-refractivity contribution in [2.24, 2.45) is 0 Å². The minimum atomic E-state index is -0.313. The van der Waals surface area contributed by atoms with Crippen LogP contribution >= 0.6 is 0 Å². The zero-order valence-corrected chi connectivity index (χ0v) is 7.31. The second-order valence-electron chi connectivity index (χ2n) is 2.81. The largest absolute Gasteiger partial charge is 0.382 e. The molecule has 2 rings (SSSR count). The summed E-state index contributed by atoms with van der Waals surface area (Å²) in [6.45, 7) is 0. The van der Waals surface area contributed by atoms with Gasteiger partial charge in [0.25, 0.3) is 0 Å². The molecule has 3 nitrogen and oxygen atoms in total. The van der Waals surface area contributed by atoms with Gasteiger partial charge in [-0.15, -0.1) is 0 Å². The monoisotopic (exact) mass is 189 g/mol. The Morgan fingerprint density at radius 2 is 1.86 bits per heavy atom. The van der Waals surface area contributed by atoms with E-state index in [0.717, 1.165) is 0 Å². The summed E-state index contributed by atoms with van der Waals surface area (Å²) in [5, 5.41) is 0. The molecule has 0 saturated heterocycles. The number of nitrogens with zero attached hydrogens (tertiary/aromatic N) is 2. The van der Waals surface area contributed by atoms with Gasteiger partial charge in [-0.25, -0.2) is 9.37 Å². The minimum absolute atomic E-state index is 0.313. The maximum Gasteiger partial charge on any atom is 0.141 e. The van der Waals surface area contributed by atoms with Gasteiger partial charge in [-0.1, -0.05) is 12.1 Å². The number of nitrogen functional groups attached to an aromatic ring is 1. The maximum atomic E-state index is 13.3. The van der Waals surface area contributed by atoms with Crippen LogP contribution in [0.3, 0.4) is 0 Å². The number of nitrogens with two attached hydrogens (primary N) is 1. The Balaban J connectivity index is 2.50. The number of hydrogen-bond acceptors (Lipinski definition) is 3. The first-order valence-corrected chi connectivity index (χ1v) is 4.10. The van der Waals surface area contributed by atoms with E-state index in [2.05, 4.69) is 9.97 Å². The molecule has 0 unspecified atom stereocenters. The summed E-state index contributed by atoms with van der Waals surface area (Å²) in [5.41, 5.74) is 6.29. The predicted octanol–water partition coefficient (Wildman–Crippen LogP) is 1.86. The smallest absolute Gasteiger partial charge is 0.141 e.